The van der Waals surface area contributed by atoms with Crippen molar-refractivity contribution >= 4 is 17.2 Å². The predicted molar refractivity (Wildman–Crippen MR) is 80.9 cm³/mol. The Hall–Kier alpha value is -1.35. The second-order valence-corrected chi connectivity index (χ2v) is 6.08. The van der Waals surface area contributed by atoms with Crippen LogP contribution in [-0.4, -0.2) is 60.6 Å². The molecule has 0 aromatic carbocycles. The normalized spacial score (nSPS) is 18.8. The maximum atomic E-state index is 12.5. The third-order valence-electron chi connectivity index (χ3n) is 3.55. The molecular weight excluding hydrogens is 272 g/mol. The topological polar surface area (TPSA) is 43.8 Å². The highest BCUT2D eigenvalue weighted by molar-refractivity contribution is 7.10. The molecule has 1 fully saturated rings. The van der Waals surface area contributed by atoms with Gasteiger partial charge < -0.3 is 14.9 Å². The smallest absolute Gasteiger partial charge is 0.254 e. The molecule has 1 amide bonds. The van der Waals surface area contributed by atoms with Crippen molar-refractivity contribution in [3.8, 4) is 11.8 Å². The van der Waals surface area contributed by atoms with Crippen molar-refractivity contribution in [2.24, 2.45) is 0 Å². The Morgan fingerprint density at radius 3 is 3.10 bits per heavy atom. The number of amides is 1. The molecule has 108 valence electrons. The van der Waals surface area contributed by atoms with Crippen molar-refractivity contribution < 1.29 is 9.90 Å². The van der Waals surface area contributed by atoms with E-state index in [1.54, 1.807) is 0 Å². The van der Waals surface area contributed by atoms with Crippen molar-refractivity contribution in [3.63, 3.8) is 0 Å². The SMILES string of the molecule is CN(C)C1CCCN(C(=O)c2csc(C#CCO)c2)C1. The first-order chi connectivity index (χ1) is 9.61. The number of carbonyl (C=O) groups excluding carboxylic acids is 1. The highest BCUT2D eigenvalue weighted by Gasteiger charge is 2.25. The first-order valence-electron chi connectivity index (χ1n) is 6.75. The molecule has 1 aliphatic rings. The number of rotatable bonds is 2. The number of aliphatic hydroxyl groups excluding tert-OH is 1. The van der Waals surface area contributed by atoms with Gasteiger partial charge in [-0.05, 0) is 33.0 Å². The number of thiophene rings is 1. The summed E-state index contributed by atoms with van der Waals surface area (Å²) < 4.78 is 0. The van der Waals surface area contributed by atoms with Crippen LogP contribution in [0.5, 0.6) is 0 Å². The van der Waals surface area contributed by atoms with E-state index in [1.165, 1.54) is 11.3 Å². The third-order valence-corrected chi connectivity index (χ3v) is 4.40. The van der Waals surface area contributed by atoms with Gasteiger partial charge in [-0.1, -0.05) is 11.8 Å². The van der Waals surface area contributed by atoms with E-state index in [4.69, 9.17) is 5.11 Å². The summed E-state index contributed by atoms with van der Waals surface area (Å²) in [6, 6.07) is 2.26. The minimum Gasteiger partial charge on any atom is -0.384 e. The summed E-state index contributed by atoms with van der Waals surface area (Å²) >= 11 is 1.45. The lowest BCUT2D eigenvalue weighted by Crippen LogP contribution is -2.47. The van der Waals surface area contributed by atoms with Gasteiger partial charge in [-0.25, -0.2) is 0 Å². The first kappa shape index (κ1) is 15.0. The molecule has 2 heterocycles. The highest BCUT2D eigenvalue weighted by Crippen LogP contribution is 2.19. The number of aliphatic hydroxyl groups is 1. The maximum absolute atomic E-state index is 12.5. The summed E-state index contributed by atoms with van der Waals surface area (Å²) in [5, 5.41) is 10.5. The maximum Gasteiger partial charge on any atom is 0.254 e. The van der Waals surface area contributed by atoms with Crippen LogP contribution >= 0.6 is 11.3 Å². The number of piperidine rings is 1. The van der Waals surface area contributed by atoms with Gasteiger partial charge in [0, 0.05) is 24.5 Å². The van der Waals surface area contributed by atoms with Gasteiger partial charge in [-0.2, -0.15) is 0 Å². The fraction of sp³-hybridized carbons (Fsp3) is 0.533. The molecule has 0 bridgehead atoms. The van der Waals surface area contributed by atoms with Crippen LogP contribution in [0.2, 0.25) is 0 Å². The number of nitrogens with zero attached hydrogens (tertiary/aromatic N) is 2. The Morgan fingerprint density at radius 2 is 2.40 bits per heavy atom. The molecule has 1 N–H and O–H groups in total. The minimum atomic E-state index is -0.155. The van der Waals surface area contributed by atoms with Crippen molar-refractivity contribution in [2.75, 3.05) is 33.8 Å². The average Bonchev–Trinajstić information content (AvgIpc) is 2.93. The number of hydrogen-bond acceptors (Lipinski definition) is 4. The standard InChI is InChI=1S/C15H20N2O2S/c1-16(2)13-5-3-7-17(10-13)15(19)12-9-14(20-11-12)6-4-8-18/h9,11,13,18H,3,5,7-8,10H2,1-2H3. The van der Waals surface area contributed by atoms with Gasteiger partial charge >= 0.3 is 0 Å². The predicted octanol–water partition coefficient (Wildman–Crippen LogP) is 1.26. The Labute approximate surface area is 124 Å². The Morgan fingerprint density at radius 1 is 1.60 bits per heavy atom. The van der Waals surface area contributed by atoms with E-state index in [9.17, 15) is 4.79 Å². The van der Waals surface area contributed by atoms with Gasteiger partial charge in [-0.15, -0.1) is 11.3 Å². The molecule has 1 aromatic rings. The molecular formula is C15H20N2O2S. The molecule has 0 aliphatic carbocycles. The van der Waals surface area contributed by atoms with Crippen molar-refractivity contribution in [2.45, 2.75) is 18.9 Å². The third kappa shape index (κ3) is 3.60. The van der Waals surface area contributed by atoms with E-state index >= 15 is 0 Å². The van der Waals surface area contributed by atoms with Crippen LogP contribution in [-0.2, 0) is 0 Å². The summed E-state index contributed by atoms with van der Waals surface area (Å²) in [7, 11) is 4.12. The van der Waals surface area contributed by atoms with Crippen LogP contribution in [0.3, 0.4) is 0 Å². The molecule has 0 spiro atoms. The second kappa shape index (κ2) is 6.89. The molecule has 1 saturated heterocycles. The Balaban J connectivity index is 2.05. The molecule has 1 unspecified atom stereocenters. The number of hydrogen-bond donors (Lipinski definition) is 1. The Kier molecular flexibility index (Phi) is 5.18. The van der Waals surface area contributed by atoms with E-state index in [-0.39, 0.29) is 12.5 Å². The van der Waals surface area contributed by atoms with E-state index in [0.717, 1.165) is 30.8 Å². The summed E-state index contributed by atoms with van der Waals surface area (Å²) in [6.45, 7) is 1.47. The quantitative estimate of drug-likeness (QED) is 0.835. The zero-order valence-corrected chi connectivity index (χ0v) is 12.7. The fourth-order valence-corrected chi connectivity index (χ4v) is 3.13. The summed E-state index contributed by atoms with van der Waals surface area (Å²) in [6.07, 6.45) is 2.20. The number of likely N-dealkylation sites (tertiary alicyclic amines) is 1. The minimum absolute atomic E-state index is 0.0878. The van der Waals surface area contributed by atoms with E-state index in [1.807, 2.05) is 16.3 Å². The fourth-order valence-electron chi connectivity index (χ4n) is 2.38. The van der Waals surface area contributed by atoms with Gasteiger partial charge in [0.05, 0.1) is 10.4 Å². The molecule has 1 aliphatic heterocycles. The van der Waals surface area contributed by atoms with Gasteiger partial charge in [0.1, 0.15) is 6.61 Å². The van der Waals surface area contributed by atoms with Crippen LogP contribution < -0.4 is 0 Å². The molecule has 0 radical (unpaired) electrons. The van der Waals surface area contributed by atoms with E-state index in [0.29, 0.717) is 11.6 Å². The molecule has 0 saturated carbocycles. The van der Waals surface area contributed by atoms with E-state index in [2.05, 4.69) is 30.8 Å². The summed E-state index contributed by atoms with van der Waals surface area (Å²) in [4.78, 5) is 17.4. The van der Waals surface area contributed by atoms with Crippen LogP contribution in [0, 0.1) is 11.8 Å². The molecule has 4 nitrogen and oxygen atoms in total. The molecule has 2 rings (SSSR count). The first-order valence-corrected chi connectivity index (χ1v) is 7.63. The highest BCUT2D eigenvalue weighted by atomic mass is 32.1. The molecule has 5 heteroatoms. The zero-order chi connectivity index (χ0) is 14.5. The van der Waals surface area contributed by atoms with Crippen molar-refractivity contribution in [1.82, 2.24) is 9.80 Å². The molecule has 1 aromatic heterocycles. The number of likely N-dealkylation sites (N-methyl/N-ethyl adjacent to an activating group) is 1. The van der Waals surface area contributed by atoms with Gasteiger partial charge in [0.25, 0.3) is 5.91 Å². The lowest BCUT2D eigenvalue weighted by Gasteiger charge is -2.36. The number of carbonyl (C=O) groups is 1. The molecule has 20 heavy (non-hydrogen) atoms. The van der Waals surface area contributed by atoms with Crippen LogP contribution in [0.1, 0.15) is 28.1 Å². The van der Waals surface area contributed by atoms with Crippen molar-refractivity contribution in [3.05, 3.63) is 21.9 Å². The van der Waals surface area contributed by atoms with Crippen LogP contribution in [0.4, 0.5) is 0 Å². The van der Waals surface area contributed by atoms with Crippen LogP contribution in [0.15, 0.2) is 11.4 Å². The molecule has 1 atom stereocenters. The zero-order valence-electron chi connectivity index (χ0n) is 11.9. The van der Waals surface area contributed by atoms with E-state index < -0.39 is 0 Å². The largest absolute Gasteiger partial charge is 0.384 e. The monoisotopic (exact) mass is 292 g/mol. The van der Waals surface area contributed by atoms with Gasteiger partial charge in [0.15, 0.2) is 0 Å². The summed E-state index contributed by atoms with van der Waals surface area (Å²) in [5.41, 5.74) is 0.705. The second-order valence-electron chi connectivity index (χ2n) is 5.17. The summed E-state index contributed by atoms with van der Waals surface area (Å²) in [5.74, 6) is 5.53. The lowest BCUT2D eigenvalue weighted by atomic mass is 10.0. The van der Waals surface area contributed by atoms with Crippen LogP contribution in [0.25, 0.3) is 0 Å². The lowest BCUT2D eigenvalue weighted by molar-refractivity contribution is 0.0635. The van der Waals surface area contributed by atoms with Gasteiger partial charge in [-0.3, -0.25) is 4.79 Å². The van der Waals surface area contributed by atoms with Crippen molar-refractivity contribution in [1.29, 1.82) is 0 Å². The van der Waals surface area contributed by atoms with Gasteiger partial charge in [0.2, 0.25) is 0 Å². The average molecular weight is 292 g/mol. The Bertz CT molecular complexity index is 527.